The monoisotopic (exact) mass is 439 g/mol. The Morgan fingerprint density at radius 2 is 1.74 bits per heavy atom. The van der Waals surface area contributed by atoms with Gasteiger partial charge >= 0.3 is 0 Å². The first-order chi connectivity index (χ1) is 14.9. The molecule has 5 nitrogen and oxygen atoms in total. The van der Waals surface area contributed by atoms with E-state index in [9.17, 15) is 4.79 Å². The summed E-state index contributed by atoms with van der Waals surface area (Å²) in [7, 11) is 5.66. The molecule has 0 aliphatic heterocycles. The highest BCUT2D eigenvalue weighted by atomic mass is 35.5. The number of carbonyl (C=O) groups excluding carboxylic acids is 1. The molecular formula is C25H30ClN3O2. The number of methoxy groups -OCH3 is 1. The maximum atomic E-state index is 12.5. The molecule has 0 unspecified atom stereocenters. The average molecular weight is 440 g/mol. The molecule has 0 saturated carbocycles. The predicted molar refractivity (Wildman–Crippen MR) is 127 cm³/mol. The van der Waals surface area contributed by atoms with Gasteiger partial charge in [-0.2, -0.15) is 0 Å². The highest BCUT2D eigenvalue weighted by molar-refractivity contribution is 6.30. The molecule has 0 aliphatic carbocycles. The van der Waals surface area contributed by atoms with Crippen molar-refractivity contribution in [3.8, 4) is 22.7 Å². The van der Waals surface area contributed by atoms with Crippen molar-refractivity contribution in [2.45, 2.75) is 25.8 Å². The first-order valence-corrected chi connectivity index (χ1v) is 10.8. The second kappa shape index (κ2) is 10.5. The van der Waals surface area contributed by atoms with Gasteiger partial charge in [-0.05, 0) is 81.5 Å². The van der Waals surface area contributed by atoms with Crippen LogP contribution in [0, 0.1) is 0 Å². The summed E-state index contributed by atoms with van der Waals surface area (Å²) in [6, 6.07) is 20.0. The molecule has 1 N–H and O–H groups in total. The number of ether oxygens (including phenoxy) is 1. The Bertz CT molecular complexity index is 995. The minimum Gasteiger partial charge on any atom is -0.497 e. The third-order valence-electron chi connectivity index (χ3n) is 5.09. The van der Waals surface area contributed by atoms with E-state index >= 15 is 0 Å². The van der Waals surface area contributed by atoms with Gasteiger partial charge in [0.15, 0.2) is 0 Å². The fourth-order valence-electron chi connectivity index (χ4n) is 3.74. The predicted octanol–water partition coefficient (Wildman–Crippen LogP) is 4.81. The van der Waals surface area contributed by atoms with E-state index < -0.39 is 0 Å². The van der Waals surface area contributed by atoms with Gasteiger partial charge in [-0.3, -0.25) is 4.79 Å². The number of amides is 1. The van der Waals surface area contributed by atoms with Crippen molar-refractivity contribution in [1.82, 2.24) is 14.8 Å². The van der Waals surface area contributed by atoms with Crippen molar-refractivity contribution in [2.24, 2.45) is 0 Å². The Morgan fingerprint density at radius 3 is 2.35 bits per heavy atom. The molecule has 0 fully saturated rings. The molecule has 6 heteroatoms. The number of rotatable bonds is 9. The topological polar surface area (TPSA) is 46.5 Å². The number of carbonyl (C=O) groups is 1. The van der Waals surface area contributed by atoms with E-state index in [2.05, 4.69) is 26.9 Å². The van der Waals surface area contributed by atoms with Gasteiger partial charge in [0.1, 0.15) is 5.75 Å². The zero-order chi connectivity index (χ0) is 22.4. The third kappa shape index (κ3) is 6.12. The van der Waals surface area contributed by atoms with Crippen LogP contribution in [0.15, 0.2) is 60.7 Å². The molecule has 3 rings (SSSR count). The lowest BCUT2D eigenvalue weighted by Crippen LogP contribution is -2.39. The minimum absolute atomic E-state index is 0.0601. The van der Waals surface area contributed by atoms with E-state index in [1.165, 1.54) is 0 Å². The molecule has 0 bridgehead atoms. The Balaban J connectivity index is 1.86. The van der Waals surface area contributed by atoms with E-state index in [4.69, 9.17) is 16.3 Å². The molecule has 0 saturated heterocycles. The van der Waals surface area contributed by atoms with Crippen LogP contribution in [0.25, 0.3) is 16.9 Å². The summed E-state index contributed by atoms with van der Waals surface area (Å²) in [6.45, 7) is 2.84. The molecular weight excluding hydrogens is 410 g/mol. The molecule has 1 aromatic heterocycles. The average Bonchev–Trinajstić information content (AvgIpc) is 3.16. The second-order valence-electron chi connectivity index (χ2n) is 7.98. The zero-order valence-electron chi connectivity index (χ0n) is 18.6. The van der Waals surface area contributed by atoms with Gasteiger partial charge in [0, 0.05) is 35.4 Å². The van der Waals surface area contributed by atoms with Crippen LogP contribution in [0.2, 0.25) is 5.02 Å². The molecule has 164 valence electrons. The smallest absolute Gasteiger partial charge is 0.220 e. The highest BCUT2D eigenvalue weighted by Gasteiger charge is 2.15. The van der Waals surface area contributed by atoms with Gasteiger partial charge in [0.05, 0.1) is 12.8 Å². The van der Waals surface area contributed by atoms with Crippen LogP contribution >= 0.6 is 11.6 Å². The lowest BCUT2D eigenvalue weighted by molar-refractivity contribution is -0.121. The highest BCUT2D eigenvalue weighted by Crippen LogP contribution is 2.29. The third-order valence-corrected chi connectivity index (χ3v) is 5.34. The Labute approximate surface area is 189 Å². The molecule has 1 amide bonds. The van der Waals surface area contributed by atoms with Crippen LogP contribution in [0.5, 0.6) is 5.75 Å². The summed E-state index contributed by atoms with van der Waals surface area (Å²) in [5.74, 6) is 0.865. The van der Waals surface area contributed by atoms with Gasteiger partial charge in [0.2, 0.25) is 5.91 Å². The van der Waals surface area contributed by atoms with Crippen LogP contribution in [-0.2, 0) is 11.2 Å². The van der Waals surface area contributed by atoms with Crippen molar-refractivity contribution in [3.63, 3.8) is 0 Å². The first kappa shape index (κ1) is 22.9. The van der Waals surface area contributed by atoms with Gasteiger partial charge < -0.3 is 19.5 Å². The fraction of sp³-hybridized carbons (Fsp3) is 0.320. The van der Waals surface area contributed by atoms with Crippen molar-refractivity contribution >= 4 is 17.5 Å². The summed E-state index contributed by atoms with van der Waals surface area (Å²) in [6.07, 6.45) is 1.07. The maximum Gasteiger partial charge on any atom is 0.220 e. The number of aryl methyl sites for hydroxylation is 1. The number of likely N-dealkylation sites (N-methyl/N-ethyl adjacent to an activating group) is 1. The molecule has 1 atom stereocenters. The Hall–Kier alpha value is -2.76. The van der Waals surface area contributed by atoms with E-state index in [1.807, 2.05) is 69.6 Å². The summed E-state index contributed by atoms with van der Waals surface area (Å²) in [5, 5.41) is 3.78. The largest absolute Gasteiger partial charge is 0.497 e. The first-order valence-electron chi connectivity index (χ1n) is 10.4. The van der Waals surface area contributed by atoms with E-state index in [1.54, 1.807) is 7.11 Å². The summed E-state index contributed by atoms with van der Waals surface area (Å²) in [5.41, 5.74) is 4.21. The van der Waals surface area contributed by atoms with Crippen LogP contribution in [0.4, 0.5) is 0 Å². The Morgan fingerprint density at radius 1 is 1.06 bits per heavy atom. The quantitative estimate of drug-likeness (QED) is 0.520. The van der Waals surface area contributed by atoms with Crippen molar-refractivity contribution < 1.29 is 9.53 Å². The normalized spacial score (nSPS) is 12.1. The van der Waals surface area contributed by atoms with E-state index in [-0.39, 0.29) is 11.9 Å². The number of hydrogen-bond donors (Lipinski definition) is 1. The molecule has 31 heavy (non-hydrogen) atoms. The van der Waals surface area contributed by atoms with E-state index in [0.717, 1.165) is 34.9 Å². The number of nitrogens with one attached hydrogen (secondary N) is 1. The maximum absolute atomic E-state index is 12.5. The second-order valence-corrected chi connectivity index (χ2v) is 8.42. The van der Waals surface area contributed by atoms with Gasteiger partial charge in [-0.25, -0.2) is 0 Å². The number of aromatic nitrogens is 1. The summed E-state index contributed by atoms with van der Waals surface area (Å²) >= 11 is 6.08. The SMILES string of the molecule is COc1ccc(-n2c(CCC(=O)N[C@@H](C)CN(C)C)ccc2-c2ccc(Cl)cc2)cc1. The van der Waals surface area contributed by atoms with Crippen LogP contribution in [-0.4, -0.2) is 49.2 Å². The Kier molecular flexibility index (Phi) is 7.77. The van der Waals surface area contributed by atoms with Crippen molar-refractivity contribution in [3.05, 3.63) is 71.4 Å². The lowest BCUT2D eigenvalue weighted by atomic mass is 10.1. The van der Waals surface area contributed by atoms with Gasteiger partial charge in [0.25, 0.3) is 0 Å². The number of halogens is 1. The zero-order valence-corrected chi connectivity index (χ0v) is 19.3. The van der Waals surface area contributed by atoms with Crippen LogP contribution < -0.4 is 10.1 Å². The number of hydrogen-bond acceptors (Lipinski definition) is 3. The van der Waals surface area contributed by atoms with Crippen LogP contribution in [0.3, 0.4) is 0 Å². The molecule has 0 aliphatic rings. The fourth-order valence-corrected chi connectivity index (χ4v) is 3.86. The molecule has 0 radical (unpaired) electrons. The molecule has 1 heterocycles. The van der Waals surface area contributed by atoms with Crippen molar-refractivity contribution in [1.29, 1.82) is 0 Å². The standard InChI is InChI=1S/C25H30ClN3O2/c1-18(17-28(2)3)27-25(30)16-12-22-11-15-24(19-5-7-20(26)8-6-19)29(22)21-9-13-23(31-4)14-10-21/h5-11,13-15,18H,12,16-17H2,1-4H3,(H,27,30)/t18-/m0/s1. The van der Waals surface area contributed by atoms with Gasteiger partial charge in [-0.15, -0.1) is 0 Å². The summed E-state index contributed by atoms with van der Waals surface area (Å²) in [4.78, 5) is 14.6. The summed E-state index contributed by atoms with van der Waals surface area (Å²) < 4.78 is 7.50. The van der Waals surface area contributed by atoms with E-state index in [0.29, 0.717) is 17.9 Å². The van der Waals surface area contributed by atoms with Crippen molar-refractivity contribution in [2.75, 3.05) is 27.7 Å². The number of nitrogens with zero attached hydrogens (tertiary/aromatic N) is 2. The lowest BCUT2D eigenvalue weighted by Gasteiger charge is -2.18. The van der Waals surface area contributed by atoms with Gasteiger partial charge in [-0.1, -0.05) is 23.7 Å². The molecule has 2 aromatic carbocycles. The minimum atomic E-state index is 0.0601. The molecule has 0 spiro atoms. The van der Waals surface area contributed by atoms with Crippen LogP contribution in [0.1, 0.15) is 19.0 Å². The molecule has 3 aromatic rings. The number of benzene rings is 2.